The highest BCUT2D eigenvalue weighted by Crippen LogP contribution is 2.33. The van der Waals surface area contributed by atoms with Crippen molar-refractivity contribution in [1.29, 1.82) is 0 Å². The number of nitrogens with zero attached hydrogens (tertiary/aromatic N) is 3. The molecule has 1 saturated heterocycles. The van der Waals surface area contributed by atoms with Crippen LogP contribution in [-0.4, -0.2) is 21.6 Å². The molecule has 4 heteroatoms. The van der Waals surface area contributed by atoms with Crippen molar-refractivity contribution >= 4 is 5.82 Å². The first-order chi connectivity index (χ1) is 7.77. The fraction of sp³-hybridized carbons (Fsp3) is 0.500. The Morgan fingerprint density at radius 1 is 1.44 bits per heavy atom. The topological polar surface area (TPSA) is 38.1 Å². The van der Waals surface area contributed by atoms with Crippen LogP contribution in [0.25, 0.3) is 0 Å². The molecule has 2 aliphatic heterocycles. The maximum Gasteiger partial charge on any atom is 0.293 e. The summed E-state index contributed by atoms with van der Waals surface area (Å²) in [6, 6.07) is 0.846. The summed E-state index contributed by atoms with van der Waals surface area (Å²) in [5.74, 6) is 0.613. The van der Waals surface area contributed by atoms with E-state index in [-0.39, 0.29) is 5.56 Å². The van der Waals surface area contributed by atoms with Crippen LogP contribution >= 0.6 is 0 Å². The van der Waals surface area contributed by atoms with Gasteiger partial charge in [0.25, 0.3) is 5.56 Å². The third kappa shape index (κ3) is 1.29. The summed E-state index contributed by atoms with van der Waals surface area (Å²) < 4.78 is 1.60. The third-order valence-corrected chi connectivity index (χ3v) is 3.56. The van der Waals surface area contributed by atoms with E-state index < -0.39 is 0 Å². The van der Waals surface area contributed by atoms with Crippen LogP contribution in [0.4, 0.5) is 5.82 Å². The van der Waals surface area contributed by atoms with Crippen molar-refractivity contribution in [1.82, 2.24) is 9.55 Å². The minimum absolute atomic E-state index is 0.00898. The standard InChI is InChI=1S/C12H15N3O/c1-14-8-7-13-11(12(14)16)15-9-3-2-4-10(15)6-5-9/h2-3,7-10H,4-6H2,1H3. The number of rotatable bonds is 1. The Balaban J connectivity index is 2.08. The van der Waals surface area contributed by atoms with Gasteiger partial charge in [0.1, 0.15) is 0 Å². The molecule has 4 nitrogen and oxygen atoms in total. The van der Waals surface area contributed by atoms with Gasteiger partial charge in [-0.2, -0.15) is 0 Å². The second-order valence-corrected chi connectivity index (χ2v) is 4.54. The lowest BCUT2D eigenvalue weighted by Crippen LogP contribution is -2.42. The summed E-state index contributed by atoms with van der Waals surface area (Å²) in [6.45, 7) is 0. The van der Waals surface area contributed by atoms with Gasteiger partial charge in [0, 0.05) is 31.5 Å². The van der Waals surface area contributed by atoms with E-state index in [1.165, 1.54) is 0 Å². The molecule has 0 saturated carbocycles. The van der Waals surface area contributed by atoms with Crippen molar-refractivity contribution in [2.24, 2.45) is 7.05 Å². The zero-order chi connectivity index (χ0) is 11.1. The molecule has 3 rings (SSSR count). The molecule has 0 spiro atoms. The second kappa shape index (κ2) is 3.47. The van der Waals surface area contributed by atoms with Crippen LogP contribution in [0.1, 0.15) is 19.3 Å². The van der Waals surface area contributed by atoms with Crippen molar-refractivity contribution in [3.8, 4) is 0 Å². The SMILES string of the molecule is Cn1ccnc(N2C3C=CCC2CC3)c1=O. The van der Waals surface area contributed by atoms with Gasteiger partial charge in [0.2, 0.25) is 0 Å². The zero-order valence-corrected chi connectivity index (χ0v) is 9.34. The Morgan fingerprint density at radius 3 is 3.12 bits per heavy atom. The molecule has 0 aliphatic carbocycles. The summed E-state index contributed by atoms with van der Waals surface area (Å²) in [7, 11) is 1.77. The van der Waals surface area contributed by atoms with Gasteiger partial charge in [-0.05, 0) is 19.3 Å². The van der Waals surface area contributed by atoms with Gasteiger partial charge in [-0.3, -0.25) is 4.79 Å². The van der Waals surface area contributed by atoms with Gasteiger partial charge < -0.3 is 9.47 Å². The molecule has 16 heavy (non-hydrogen) atoms. The van der Waals surface area contributed by atoms with Crippen LogP contribution in [0.3, 0.4) is 0 Å². The Bertz CT molecular complexity index is 491. The van der Waals surface area contributed by atoms with E-state index in [1.54, 1.807) is 24.0 Å². The lowest BCUT2D eigenvalue weighted by Gasteiger charge is -2.31. The van der Waals surface area contributed by atoms with E-state index in [0.29, 0.717) is 17.9 Å². The van der Waals surface area contributed by atoms with Crippen molar-refractivity contribution in [2.75, 3.05) is 4.90 Å². The smallest absolute Gasteiger partial charge is 0.293 e. The first-order valence-corrected chi connectivity index (χ1v) is 5.74. The summed E-state index contributed by atoms with van der Waals surface area (Å²) >= 11 is 0. The Morgan fingerprint density at radius 2 is 2.31 bits per heavy atom. The lowest BCUT2D eigenvalue weighted by atomic mass is 10.1. The van der Waals surface area contributed by atoms with Crippen molar-refractivity contribution in [3.63, 3.8) is 0 Å². The Kier molecular flexibility index (Phi) is 2.09. The normalized spacial score (nSPS) is 27.4. The minimum Gasteiger partial charge on any atom is -0.342 e. The molecular formula is C12H15N3O. The predicted molar refractivity (Wildman–Crippen MR) is 62.5 cm³/mol. The summed E-state index contributed by atoms with van der Waals surface area (Å²) in [5, 5.41) is 0. The van der Waals surface area contributed by atoms with E-state index in [1.807, 2.05) is 0 Å². The number of anilines is 1. The van der Waals surface area contributed by atoms with E-state index in [9.17, 15) is 4.79 Å². The lowest BCUT2D eigenvalue weighted by molar-refractivity contribution is 0.631. The molecule has 2 aliphatic rings. The summed E-state index contributed by atoms with van der Waals surface area (Å²) in [5.41, 5.74) is 0.00898. The number of hydrogen-bond donors (Lipinski definition) is 0. The van der Waals surface area contributed by atoms with Gasteiger partial charge in [-0.15, -0.1) is 0 Å². The van der Waals surface area contributed by atoms with Crippen molar-refractivity contribution in [3.05, 3.63) is 34.9 Å². The van der Waals surface area contributed by atoms with E-state index in [0.717, 1.165) is 19.3 Å². The average molecular weight is 217 g/mol. The van der Waals surface area contributed by atoms with Gasteiger partial charge in [0.05, 0.1) is 0 Å². The third-order valence-electron chi connectivity index (χ3n) is 3.56. The first-order valence-electron chi connectivity index (χ1n) is 5.74. The van der Waals surface area contributed by atoms with Crippen LogP contribution in [0.2, 0.25) is 0 Å². The molecule has 1 fully saturated rings. The van der Waals surface area contributed by atoms with Crippen LogP contribution < -0.4 is 10.5 Å². The van der Waals surface area contributed by atoms with Crippen LogP contribution in [0.15, 0.2) is 29.3 Å². The highest BCUT2D eigenvalue weighted by Gasteiger charge is 2.35. The van der Waals surface area contributed by atoms with Crippen LogP contribution in [0.5, 0.6) is 0 Å². The highest BCUT2D eigenvalue weighted by molar-refractivity contribution is 5.44. The van der Waals surface area contributed by atoms with Crippen LogP contribution in [-0.2, 0) is 7.05 Å². The summed E-state index contributed by atoms with van der Waals surface area (Å²) in [6.07, 6.45) is 11.2. The molecule has 0 amide bonds. The molecule has 0 radical (unpaired) electrons. The molecule has 0 N–H and O–H groups in total. The molecule has 3 heterocycles. The fourth-order valence-electron chi connectivity index (χ4n) is 2.72. The molecule has 1 aromatic rings. The van der Waals surface area contributed by atoms with Gasteiger partial charge >= 0.3 is 0 Å². The largest absolute Gasteiger partial charge is 0.342 e. The fourth-order valence-corrected chi connectivity index (χ4v) is 2.72. The second-order valence-electron chi connectivity index (χ2n) is 4.54. The molecule has 0 aromatic carbocycles. The molecule has 2 bridgehead atoms. The van der Waals surface area contributed by atoms with Crippen molar-refractivity contribution in [2.45, 2.75) is 31.3 Å². The Hall–Kier alpha value is -1.58. The molecule has 2 atom stereocenters. The quantitative estimate of drug-likeness (QED) is 0.661. The number of aryl methyl sites for hydroxylation is 1. The van der Waals surface area contributed by atoms with Gasteiger partial charge in [-0.1, -0.05) is 12.2 Å². The Labute approximate surface area is 94.2 Å². The highest BCUT2D eigenvalue weighted by atomic mass is 16.1. The summed E-state index contributed by atoms with van der Waals surface area (Å²) in [4.78, 5) is 18.5. The van der Waals surface area contributed by atoms with E-state index >= 15 is 0 Å². The monoisotopic (exact) mass is 217 g/mol. The molecular weight excluding hydrogens is 202 g/mol. The molecule has 84 valence electrons. The van der Waals surface area contributed by atoms with Crippen molar-refractivity contribution < 1.29 is 0 Å². The minimum atomic E-state index is 0.00898. The van der Waals surface area contributed by atoms with Crippen LogP contribution in [0, 0.1) is 0 Å². The number of hydrogen-bond acceptors (Lipinski definition) is 3. The predicted octanol–water partition coefficient (Wildman–Crippen LogP) is 1.08. The zero-order valence-electron chi connectivity index (χ0n) is 9.34. The number of fused-ring (bicyclic) bond motifs is 2. The maximum atomic E-state index is 12.0. The first kappa shape index (κ1) is 9.63. The van der Waals surface area contributed by atoms with Gasteiger partial charge in [0.15, 0.2) is 5.82 Å². The van der Waals surface area contributed by atoms with Gasteiger partial charge in [-0.25, -0.2) is 4.98 Å². The molecule has 1 aromatic heterocycles. The number of aromatic nitrogens is 2. The maximum absolute atomic E-state index is 12.0. The molecule has 2 unspecified atom stereocenters. The van der Waals surface area contributed by atoms with E-state index in [2.05, 4.69) is 22.0 Å². The average Bonchev–Trinajstić information content (AvgIpc) is 2.54. The van der Waals surface area contributed by atoms with E-state index in [4.69, 9.17) is 0 Å².